The largest absolute Gasteiger partial charge is 0.462 e. The minimum atomic E-state index is -1.32. The molecule has 4 saturated carbocycles. The zero-order chi connectivity index (χ0) is 20.8. The van der Waals surface area contributed by atoms with Crippen molar-refractivity contribution in [3.63, 3.8) is 0 Å². The molecule has 0 heterocycles. The van der Waals surface area contributed by atoms with E-state index in [0.717, 1.165) is 0 Å². The number of carbonyl (C=O) groups is 3. The van der Waals surface area contributed by atoms with E-state index in [1.54, 1.807) is 0 Å². The molecule has 4 aliphatic rings. The van der Waals surface area contributed by atoms with Crippen LogP contribution >= 0.6 is 0 Å². The molecule has 4 rings (SSSR count). The molecular weight excluding hydrogens is 360 g/mol. The van der Waals surface area contributed by atoms with Crippen LogP contribution in [0.5, 0.6) is 0 Å². The summed E-state index contributed by atoms with van der Waals surface area (Å²) in [7, 11) is 0. The van der Waals surface area contributed by atoms with E-state index >= 15 is 0 Å². The first-order valence-electron chi connectivity index (χ1n) is 10.2. The van der Waals surface area contributed by atoms with Gasteiger partial charge in [-0.3, -0.25) is 14.4 Å². The Morgan fingerprint density at radius 2 is 1.79 bits per heavy atom. The number of Topliss-reactive ketones (excluding diaryl/α,β-unsaturated/α-hetero) is 2. The third-order valence-corrected chi connectivity index (χ3v) is 8.76. The van der Waals surface area contributed by atoms with Gasteiger partial charge in [-0.25, -0.2) is 0 Å². The molecule has 0 radical (unpaired) electrons. The van der Waals surface area contributed by atoms with Crippen molar-refractivity contribution in [2.75, 3.05) is 0 Å². The average molecular weight is 390 g/mol. The molecule has 0 unspecified atom stereocenters. The highest BCUT2D eigenvalue weighted by Crippen LogP contribution is 2.70. The lowest BCUT2D eigenvalue weighted by Gasteiger charge is -2.65. The number of esters is 1. The van der Waals surface area contributed by atoms with Crippen molar-refractivity contribution in [3.05, 3.63) is 12.2 Å². The summed E-state index contributed by atoms with van der Waals surface area (Å²) in [5, 5.41) is 22.5. The van der Waals surface area contributed by atoms with Gasteiger partial charge in [0.25, 0.3) is 0 Å². The van der Waals surface area contributed by atoms with Crippen molar-refractivity contribution in [1.29, 1.82) is 0 Å². The Kier molecular flexibility index (Phi) is 4.07. The molecule has 2 N–H and O–H groups in total. The van der Waals surface area contributed by atoms with Crippen LogP contribution in [0.3, 0.4) is 0 Å². The number of hydrogen-bond donors (Lipinski definition) is 2. The lowest BCUT2D eigenvalue weighted by atomic mass is 9.39. The molecule has 4 fully saturated rings. The number of ketones is 2. The number of carbonyl (C=O) groups excluding carboxylic acids is 3. The van der Waals surface area contributed by atoms with Crippen LogP contribution in [-0.2, 0) is 19.1 Å². The number of aliphatic hydroxyl groups excluding tert-OH is 2. The standard InChI is InChI=1S/C22H30O6/c1-10-17-12(28-11(2)23)8-14-21(5)7-6-15(24)20(3,4)13(21)9-16(25)22(14,18(10)26)19(17)27/h12-14,16-17,19,25,27H,1,6-9H2,2-5H3/t12-,13+,14-,16+,17+,19+,21+,22-/m0/s1. The van der Waals surface area contributed by atoms with Gasteiger partial charge in [0, 0.05) is 18.8 Å². The topological polar surface area (TPSA) is 101 Å². The van der Waals surface area contributed by atoms with Gasteiger partial charge in [0.15, 0.2) is 5.78 Å². The van der Waals surface area contributed by atoms with Gasteiger partial charge in [0.2, 0.25) is 0 Å². The first-order chi connectivity index (χ1) is 12.9. The summed E-state index contributed by atoms with van der Waals surface area (Å²) < 4.78 is 5.53. The van der Waals surface area contributed by atoms with E-state index in [9.17, 15) is 24.6 Å². The smallest absolute Gasteiger partial charge is 0.302 e. The van der Waals surface area contributed by atoms with Crippen LogP contribution in [-0.4, -0.2) is 46.1 Å². The van der Waals surface area contributed by atoms with E-state index < -0.39 is 46.4 Å². The van der Waals surface area contributed by atoms with E-state index in [-0.39, 0.29) is 29.0 Å². The minimum Gasteiger partial charge on any atom is -0.462 e. The Morgan fingerprint density at radius 3 is 2.39 bits per heavy atom. The van der Waals surface area contributed by atoms with Crippen LogP contribution in [0.4, 0.5) is 0 Å². The van der Waals surface area contributed by atoms with Crippen LogP contribution in [0.1, 0.15) is 53.4 Å². The second-order valence-electron chi connectivity index (χ2n) is 10.1. The van der Waals surface area contributed by atoms with E-state index in [1.165, 1.54) is 6.92 Å². The summed E-state index contributed by atoms with van der Waals surface area (Å²) >= 11 is 0. The Balaban J connectivity index is 1.88. The number of fused-ring (bicyclic) bond motifs is 3. The maximum Gasteiger partial charge on any atom is 0.302 e. The van der Waals surface area contributed by atoms with E-state index in [4.69, 9.17) is 4.74 Å². The fraction of sp³-hybridized carbons (Fsp3) is 0.773. The van der Waals surface area contributed by atoms with Gasteiger partial charge < -0.3 is 14.9 Å². The zero-order valence-corrected chi connectivity index (χ0v) is 17.0. The lowest BCUT2D eigenvalue weighted by molar-refractivity contribution is -0.237. The average Bonchev–Trinajstić information content (AvgIpc) is 2.72. The molecule has 2 bridgehead atoms. The Morgan fingerprint density at radius 1 is 1.14 bits per heavy atom. The molecule has 154 valence electrons. The molecule has 0 aromatic rings. The van der Waals surface area contributed by atoms with Gasteiger partial charge in [0.05, 0.1) is 23.5 Å². The predicted molar refractivity (Wildman–Crippen MR) is 100.0 cm³/mol. The second-order valence-corrected chi connectivity index (χ2v) is 10.1. The van der Waals surface area contributed by atoms with Crippen LogP contribution in [0.25, 0.3) is 0 Å². The molecule has 0 aromatic carbocycles. The maximum atomic E-state index is 13.4. The van der Waals surface area contributed by atoms with Crippen molar-refractivity contribution in [2.45, 2.75) is 71.7 Å². The van der Waals surface area contributed by atoms with Crippen molar-refractivity contribution in [1.82, 2.24) is 0 Å². The first-order valence-corrected chi connectivity index (χ1v) is 10.2. The molecular formula is C22H30O6. The van der Waals surface area contributed by atoms with E-state index in [0.29, 0.717) is 25.7 Å². The van der Waals surface area contributed by atoms with Crippen LogP contribution in [0.15, 0.2) is 12.2 Å². The first kappa shape index (κ1) is 19.8. The van der Waals surface area contributed by atoms with Crippen molar-refractivity contribution >= 4 is 17.5 Å². The quantitative estimate of drug-likeness (QED) is 0.523. The van der Waals surface area contributed by atoms with Crippen LogP contribution in [0.2, 0.25) is 0 Å². The van der Waals surface area contributed by atoms with Crippen LogP contribution < -0.4 is 0 Å². The molecule has 0 aliphatic heterocycles. The summed E-state index contributed by atoms with van der Waals surface area (Å²) in [4.78, 5) is 37.8. The van der Waals surface area contributed by atoms with Gasteiger partial charge in [-0.15, -0.1) is 0 Å². The summed E-state index contributed by atoms with van der Waals surface area (Å²) in [6.07, 6.45) is -1.13. The number of hydrogen-bond acceptors (Lipinski definition) is 6. The number of ether oxygens (including phenoxy) is 1. The van der Waals surface area contributed by atoms with Gasteiger partial charge in [-0.1, -0.05) is 27.4 Å². The molecule has 0 saturated heterocycles. The molecule has 6 heteroatoms. The Hall–Kier alpha value is -1.53. The van der Waals surface area contributed by atoms with E-state index in [1.807, 2.05) is 13.8 Å². The fourth-order valence-electron chi connectivity index (χ4n) is 7.44. The third kappa shape index (κ3) is 2.08. The van der Waals surface area contributed by atoms with Gasteiger partial charge in [-0.05, 0) is 42.1 Å². The van der Waals surface area contributed by atoms with Gasteiger partial charge in [0.1, 0.15) is 11.9 Å². The number of rotatable bonds is 1. The molecule has 0 amide bonds. The van der Waals surface area contributed by atoms with Gasteiger partial charge in [-0.2, -0.15) is 0 Å². The highest BCUT2D eigenvalue weighted by atomic mass is 16.5. The highest BCUT2D eigenvalue weighted by Gasteiger charge is 2.76. The molecule has 4 aliphatic carbocycles. The lowest BCUT2D eigenvalue weighted by Crippen LogP contribution is -2.69. The fourth-order valence-corrected chi connectivity index (χ4v) is 7.44. The van der Waals surface area contributed by atoms with Gasteiger partial charge >= 0.3 is 5.97 Å². The maximum absolute atomic E-state index is 13.4. The Bertz CT molecular complexity index is 784. The highest BCUT2D eigenvalue weighted by molar-refractivity contribution is 6.05. The van der Waals surface area contributed by atoms with Crippen molar-refractivity contribution in [2.24, 2.45) is 34.0 Å². The van der Waals surface area contributed by atoms with E-state index in [2.05, 4.69) is 13.5 Å². The van der Waals surface area contributed by atoms with Crippen LogP contribution in [0, 0.1) is 34.0 Å². The summed E-state index contributed by atoms with van der Waals surface area (Å²) in [5.74, 6) is -1.77. The molecule has 0 aromatic heterocycles. The molecule has 8 atom stereocenters. The van der Waals surface area contributed by atoms with Crippen molar-refractivity contribution in [3.8, 4) is 0 Å². The second kappa shape index (κ2) is 5.76. The summed E-state index contributed by atoms with van der Waals surface area (Å²) in [6, 6.07) is 0. The monoisotopic (exact) mass is 390 g/mol. The Labute approximate surface area is 165 Å². The minimum absolute atomic E-state index is 0.115. The number of aliphatic hydroxyl groups is 2. The SMILES string of the molecule is C=C1C(=O)[C@@]23[C@H](O)C[C@@H]4C(C)(C)C(=O)CC[C@@]4(C)[C@@H]2C[C@H](OC(C)=O)[C@@H]1[C@H]3O. The normalized spacial score (nSPS) is 49.4. The third-order valence-electron chi connectivity index (χ3n) is 8.76. The molecule has 28 heavy (non-hydrogen) atoms. The summed E-state index contributed by atoms with van der Waals surface area (Å²) in [5.41, 5.74) is -2.12. The summed E-state index contributed by atoms with van der Waals surface area (Å²) in [6.45, 7) is 11.1. The predicted octanol–water partition coefficient (Wildman–Crippen LogP) is 1.82. The molecule has 1 spiro atoms. The molecule has 6 nitrogen and oxygen atoms in total. The van der Waals surface area contributed by atoms with Crippen molar-refractivity contribution < 1.29 is 29.3 Å². The zero-order valence-electron chi connectivity index (χ0n) is 17.0.